The molecule has 1 N–H and O–H groups in total. The van der Waals surface area contributed by atoms with E-state index in [1.807, 2.05) is 64.5 Å². The maximum absolute atomic E-state index is 13.5. The summed E-state index contributed by atoms with van der Waals surface area (Å²) in [6.07, 6.45) is 1.94. The fraction of sp³-hybridized carbons (Fsp3) is 0.182. The molecule has 0 aliphatic carbocycles. The van der Waals surface area contributed by atoms with Gasteiger partial charge in [0.2, 0.25) is 0 Å². The van der Waals surface area contributed by atoms with Crippen molar-refractivity contribution in [2.24, 2.45) is 0 Å². The van der Waals surface area contributed by atoms with Crippen molar-refractivity contribution in [1.82, 2.24) is 4.90 Å². The van der Waals surface area contributed by atoms with Gasteiger partial charge < -0.3 is 4.90 Å². The van der Waals surface area contributed by atoms with Crippen molar-refractivity contribution in [1.29, 1.82) is 0 Å². The first-order valence-corrected chi connectivity index (χ1v) is 10.3. The second kappa shape index (κ2) is 7.20. The van der Waals surface area contributed by atoms with E-state index in [0.717, 1.165) is 40.1 Å². The zero-order chi connectivity index (χ0) is 18.9. The molecule has 5 rings (SSSR count). The van der Waals surface area contributed by atoms with Crippen molar-refractivity contribution in [3.63, 3.8) is 0 Å². The molecule has 6 heteroatoms. The van der Waals surface area contributed by atoms with Crippen molar-refractivity contribution >= 4 is 35.0 Å². The Labute approximate surface area is 168 Å². The summed E-state index contributed by atoms with van der Waals surface area (Å²) in [5, 5.41) is 0. The Morgan fingerprint density at radius 3 is 2.00 bits per heavy atom. The third kappa shape index (κ3) is 2.99. The molecule has 3 heterocycles. The lowest BCUT2D eigenvalue weighted by atomic mass is 10.2. The normalized spacial score (nSPS) is 15.8. The highest BCUT2D eigenvalue weighted by Crippen LogP contribution is 2.48. The zero-order valence-electron chi connectivity index (χ0n) is 15.4. The van der Waals surface area contributed by atoms with E-state index in [2.05, 4.69) is 28.1 Å². The number of piperazine rings is 1. The molecule has 1 aromatic heterocycles. The summed E-state index contributed by atoms with van der Waals surface area (Å²) >= 11 is 1.72. The molecular formula is C22H21N4OS+. The first kappa shape index (κ1) is 17.1. The van der Waals surface area contributed by atoms with E-state index < -0.39 is 0 Å². The number of anilines is 3. The lowest BCUT2D eigenvalue weighted by molar-refractivity contribution is -0.364. The average molecular weight is 390 g/mol. The molecule has 28 heavy (non-hydrogen) atoms. The lowest BCUT2D eigenvalue weighted by Gasteiger charge is -2.37. The second-order valence-electron chi connectivity index (χ2n) is 6.88. The molecule has 2 aliphatic rings. The van der Waals surface area contributed by atoms with Crippen molar-refractivity contribution in [2.75, 3.05) is 36.0 Å². The Morgan fingerprint density at radius 1 is 0.786 bits per heavy atom. The smallest absolute Gasteiger partial charge is 0.316 e. The maximum atomic E-state index is 13.5. The van der Waals surface area contributed by atoms with E-state index in [-0.39, 0.29) is 6.03 Å². The number of aromatic nitrogens is 1. The van der Waals surface area contributed by atoms with Crippen molar-refractivity contribution in [3.8, 4) is 0 Å². The molecule has 0 atom stereocenters. The molecular weight excluding hydrogens is 368 g/mol. The summed E-state index contributed by atoms with van der Waals surface area (Å²) < 4.78 is 0. The van der Waals surface area contributed by atoms with E-state index in [4.69, 9.17) is 0 Å². The quantitative estimate of drug-likeness (QED) is 0.631. The fourth-order valence-electron chi connectivity index (χ4n) is 3.77. The van der Waals surface area contributed by atoms with E-state index >= 15 is 0 Å². The summed E-state index contributed by atoms with van der Waals surface area (Å²) in [4.78, 5) is 25.2. The number of nitrogens with one attached hydrogen (secondary N) is 1. The summed E-state index contributed by atoms with van der Waals surface area (Å²) in [5.41, 5.74) is 1.94. The lowest BCUT2D eigenvalue weighted by Crippen LogP contribution is -2.53. The minimum atomic E-state index is 0.0527. The summed E-state index contributed by atoms with van der Waals surface area (Å²) in [6.45, 7) is 3.04. The largest absolute Gasteiger partial charge is 0.329 e. The van der Waals surface area contributed by atoms with Crippen LogP contribution in [0, 0.1) is 0 Å². The number of fused-ring (bicyclic) bond motifs is 2. The molecule has 0 unspecified atom stereocenters. The van der Waals surface area contributed by atoms with E-state index in [0.29, 0.717) is 13.1 Å². The second-order valence-corrected chi connectivity index (χ2v) is 7.96. The third-order valence-electron chi connectivity index (χ3n) is 5.21. The van der Waals surface area contributed by atoms with Crippen LogP contribution in [0.4, 0.5) is 22.0 Å². The number of hydrogen-bond donors (Lipinski definition) is 0. The van der Waals surface area contributed by atoms with Crippen LogP contribution in [-0.4, -0.2) is 37.1 Å². The standard InChI is InChI=1S/C22H20N4OS/c27-22(25-15-13-24(14-16-25)21-11-5-6-12-23-21)26-17-7-1-3-9-19(17)28-20-10-4-2-8-18(20)26/h1-12H,13-16H2/p+1. The summed E-state index contributed by atoms with van der Waals surface area (Å²) in [7, 11) is 0. The van der Waals surface area contributed by atoms with Crippen LogP contribution in [0.1, 0.15) is 0 Å². The van der Waals surface area contributed by atoms with E-state index in [1.165, 1.54) is 0 Å². The van der Waals surface area contributed by atoms with Gasteiger partial charge in [0.1, 0.15) is 13.1 Å². The molecule has 0 bridgehead atoms. The number of carbonyl (C=O) groups is 1. The van der Waals surface area contributed by atoms with Gasteiger partial charge in [0.25, 0.3) is 5.82 Å². The van der Waals surface area contributed by atoms with Gasteiger partial charge in [-0.05, 0) is 30.3 Å². The molecule has 140 valence electrons. The highest BCUT2D eigenvalue weighted by atomic mass is 32.2. The maximum Gasteiger partial charge on any atom is 0.329 e. The number of urea groups is 1. The highest BCUT2D eigenvalue weighted by molar-refractivity contribution is 7.99. The van der Waals surface area contributed by atoms with Gasteiger partial charge in [0.15, 0.2) is 0 Å². The number of amides is 2. The van der Waals surface area contributed by atoms with Crippen LogP contribution in [0.15, 0.2) is 82.7 Å². The van der Waals surface area contributed by atoms with Gasteiger partial charge in [-0.2, -0.15) is 0 Å². The minimum absolute atomic E-state index is 0.0527. The Hall–Kier alpha value is -2.99. The van der Waals surface area contributed by atoms with Gasteiger partial charge in [0.05, 0.1) is 30.7 Å². The fourth-order valence-corrected chi connectivity index (χ4v) is 4.83. The monoisotopic (exact) mass is 389 g/mol. The van der Waals surface area contributed by atoms with Crippen molar-refractivity contribution in [3.05, 3.63) is 72.9 Å². The van der Waals surface area contributed by atoms with Crippen LogP contribution in [0.3, 0.4) is 0 Å². The Bertz CT molecular complexity index is 957. The Morgan fingerprint density at radius 2 is 1.39 bits per heavy atom. The number of H-pyrrole nitrogens is 1. The molecule has 0 radical (unpaired) electrons. The van der Waals surface area contributed by atoms with Crippen molar-refractivity contribution in [2.45, 2.75) is 9.79 Å². The number of rotatable bonds is 1. The van der Waals surface area contributed by atoms with Gasteiger partial charge >= 0.3 is 6.03 Å². The predicted molar refractivity (Wildman–Crippen MR) is 111 cm³/mol. The number of pyridine rings is 1. The van der Waals surface area contributed by atoms with Gasteiger partial charge in [-0.1, -0.05) is 42.1 Å². The third-order valence-corrected chi connectivity index (χ3v) is 6.34. The summed E-state index contributed by atoms with van der Waals surface area (Å²) in [5.74, 6) is 1.10. The topological polar surface area (TPSA) is 40.9 Å². The highest BCUT2D eigenvalue weighted by Gasteiger charge is 2.34. The van der Waals surface area contributed by atoms with Gasteiger partial charge in [0, 0.05) is 15.9 Å². The van der Waals surface area contributed by atoms with Crippen molar-refractivity contribution < 1.29 is 9.78 Å². The zero-order valence-corrected chi connectivity index (χ0v) is 16.2. The Kier molecular flexibility index (Phi) is 4.41. The first-order chi connectivity index (χ1) is 13.8. The molecule has 0 spiro atoms. The number of benzene rings is 2. The van der Waals surface area contributed by atoms with E-state index in [9.17, 15) is 4.79 Å². The van der Waals surface area contributed by atoms with Gasteiger partial charge in [-0.15, -0.1) is 0 Å². The average Bonchev–Trinajstić information content (AvgIpc) is 2.77. The SMILES string of the molecule is O=C(N1CCN(c2cccc[nH+]2)CC1)N1c2ccccc2Sc2ccccc21. The number of carbonyl (C=O) groups excluding carboxylic acids is 1. The van der Waals surface area contributed by atoms with Crippen LogP contribution in [0.5, 0.6) is 0 Å². The van der Waals surface area contributed by atoms with Crippen LogP contribution >= 0.6 is 11.8 Å². The number of para-hydroxylation sites is 2. The predicted octanol–water partition coefficient (Wildman–Crippen LogP) is 4.05. The van der Waals surface area contributed by atoms with Crippen LogP contribution in [0.25, 0.3) is 0 Å². The van der Waals surface area contributed by atoms with Gasteiger partial charge in [-0.25, -0.2) is 9.78 Å². The number of nitrogens with zero attached hydrogens (tertiary/aromatic N) is 3. The molecule has 0 saturated carbocycles. The molecule has 2 aromatic carbocycles. The number of aromatic amines is 1. The summed E-state index contributed by atoms with van der Waals surface area (Å²) in [6, 6.07) is 22.4. The Balaban J connectivity index is 1.40. The molecule has 1 fully saturated rings. The number of hydrogen-bond acceptors (Lipinski definition) is 3. The first-order valence-electron chi connectivity index (χ1n) is 9.48. The molecule has 1 saturated heterocycles. The van der Waals surface area contributed by atoms with E-state index in [1.54, 1.807) is 11.8 Å². The van der Waals surface area contributed by atoms with Crippen LogP contribution < -0.4 is 14.8 Å². The molecule has 5 nitrogen and oxygen atoms in total. The van der Waals surface area contributed by atoms with Crippen LogP contribution in [0.2, 0.25) is 0 Å². The van der Waals surface area contributed by atoms with Crippen LogP contribution in [-0.2, 0) is 0 Å². The molecule has 2 amide bonds. The van der Waals surface area contributed by atoms with Gasteiger partial charge in [-0.3, -0.25) is 9.80 Å². The molecule has 3 aromatic rings. The minimum Gasteiger partial charge on any atom is -0.316 e. The molecule has 2 aliphatic heterocycles.